The van der Waals surface area contributed by atoms with Gasteiger partial charge in [0.05, 0.1) is 52.9 Å². The molecule has 5 rings (SSSR count). The summed E-state index contributed by atoms with van der Waals surface area (Å²) >= 11 is 0. The minimum atomic E-state index is -1.82. The molecule has 0 spiro atoms. The smallest absolute Gasteiger partial charge is 0.320 e. The number of para-hydroxylation sites is 2. The van der Waals surface area contributed by atoms with Crippen LogP contribution in [0.15, 0.2) is 84.9 Å². The summed E-state index contributed by atoms with van der Waals surface area (Å²) in [5.74, 6) is -1.30. The van der Waals surface area contributed by atoms with Crippen LogP contribution in [0.3, 0.4) is 0 Å². The maximum Gasteiger partial charge on any atom is 0.320 e. The van der Waals surface area contributed by atoms with Gasteiger partial charge in [-0.25, -0.2) is 4.79 Å². The van der Waals surface area contributed by atoms with Crippen LogP contribution in [0.4, 0.5) is 21.9 Å². The topological polar surface area (TPSA) is 153 Å². The number of hydrogen-bond donors (Lipinski definition) is 2. The molecule has 13 heteroatoms. The number of fused-ring (bicyclic) bond motifs is 1. The third-order valence-corrected chi connectivity index (χ3v) is 8.06. The molecule has 258 valence electrons. The first kappa shape index (κ1) is 35.0. The number of carbonyl (C=O) groups is 5. The van der Waals surface area contributed by atoms with Gasteiger partial charge in [0.25, 0.3) is 11.8 Å². The lowest BCUT2D eigenvalue weighted by Gasteiger charge is -2.25. The molecular formula is C37H36N4O9. The Labute approximate surface area is 288 Å². The van der Waals surface area contributed by atoms with Gasteiger partial charge in [0, 0.05) is 16.8 Å². The van der Waals surface area contributed by atoms with Crippen LogP contribution in [0.1, 0.15) is 26.3 Å². The molecule has 13 nitrogen and oxygen atoms in total. The second-order valence-electron chi connectivity index (χ2n) is 11.2. The van der Waals surface area contributed by atoms with Gasteiger partial charge in [-0.15, -0.1) is 0 Å². The normalized spacial score (nSPS) is 12.8. The molecule has 4 amide bonds. The highest BCUT2D eigenvalue weighted by Crippen LogP contribution is 2.35. The molecule has 1 aliphatic rings. The third-order valence-electron chi connectivity index (χ3n) is 8.06. The Bertz CT molecular complexity index is 1850. The molecule has 0 bridgehead atoms. The van der Waals surface area contributed by atoms with Crippen molar-refractivity contribution >= 4 is 46.5 Å². The van der Waals surface area contributed by atoms with E-state index in [-0.39, 0.29) is 22.5 Å². The van der Waals surface area contributed by atoms with Crippen LogP contribution in [0.5, 0.6) is 23.0 Å². The zero-order valence-corrected chi connectivity index (χ0v) is 28.1. The minimum absolute atomic E-state index is 0.184. The number of ketones is 2. The number of nitrogens with zero attached hydrogens (tertiary/aromatic N) is 2. The van der Waals surface area contributed by atoms with Gasteiger partial charge in [-0.05, 0) is 73.2 Å². The second-order valence-corrected chi connectivity index (χ2v) is 11.2. The number of nitrogens with one attached hydrogen (secondary N) is 2. The molecule has 0 fully saturated rings. The van der Waals surface area contributed by atoms with E-state index in [0.29, 0.717) is 28.7 Å². The number of benzene rings is 4. The summed E-state index contributed by atoms with van der Waals surface area (Å²) in [6, 6.07) is 19.9. The van der Waals surface area contributed by atoms with Crippen LogP contribution in [-0.2, 0) is 9.59 Å². The first-order valence-corrected chi connectivity index (χ1v) is 15.4. The van der Waals surface area contributed by atoms with Crippen molar-refractivity contribution in [1.82, 2.24) is 5.32 Å². The van der Waals surface area contributed by atoms with Crippen LogP contribution in [-0.4, -0.2) is 77.0 Å². The van der Waals surface area contributed by atoms with Crippen molar-refractivity contribution in [3.05, 3.63) is 102 Å². The maximum absolute atomic E-state index is 14.3. The molecule has 1 heterocycles. The Balaban J connectivity index is 1.54. The van der Waals surface area contributed by atoms with Gasteiger partial charge in [0.1, 0.15) is 0 Å². The lowest BCUT2D eigenvalue weighted by molar-refractivity contribution is -0.128. The molecule has 4 aromatic carbocycles. The number of aryl methyl sites for hydroxylation is 1. The first-order chi connectivity index (χ1) is 24.1. The molecule has 0 unspecified atom stereocenters. The lowest BCUT2D eigenvalue weighted by atomic mass is 10.1. The zero-order valence-electron chi connectivity index (χ0n) is 28.1. The number of hydrogen-bond acceptors (Lipinski definition) is 9. The highest BCUT2D eigenvalue weighted by Gasteiger charge is 2.42. The summed E-state index contributed by atoms with van der Waals surface area (Å²) in [7, 11) is 5.80. The predicted octanol–water partition coefficient (Wildman–Crippen LogP) is 4.67. The van der Waals surface area contributed by atoms with E-state index < -0.39 is 48.5 Å². The van der Waals surface area contributed by atoms with E-state index in [4.69, 9.17) is 18.9 Å². The molecular weight excluding hydrogens is 644 g/mol. The highest BCUT2D eigenvalue weighted by molar-refractivity contribution is 6.24. The molecule has 2 N–H and O–H groups in total. The van der Waals surface area contributed by atoms with Crippen molar-refractivity contribution in [2.24, 2.45) is 0 Å². The fourth-order valence-electron chi connectivity index (χ4n) is 5.54. The number of Topliss-reactive ketones (excluding diaryl/α,β-unsaturated/α-hetero) is 2. The molecule has 0 aromatic heterocycles. The summed E-state index contributed by atoms with van der Waals surface area (Å²) in [6.45, 7) is 0.834. The Morgan fingerprint density at radius 2 is 1.10 bits per heavy atom. The molecule has 50 heavy (non-hydrogen) atoms. The maximum atomic E-state index is 14.3. The van der Waals surface area contributed by atoms with E-state index in [1.165, 1.54) is 52.7 Å². The van der Waals surface area contributed by atoms with Crippen molar-refractivity contribution in [2.45, 2.75) is 13.0 Å². The summed E-state index contributed by atoms with van der Waals surface area (Å²) in [6.07, 6.45) is 0. The molecule has 0 radical (unpaired) electrons. The number of ether oxygens (including phenoxy) is 4. The molecule has 0 aliphatic carbocycles. The number of methoxy groups -OCH3 is 4. The second kappa shape index (κ2) is 15.2. The van der Waals surface area contributed by atoms with E-state index in [2.05, 4.69) is 10.6 Å². The standard InChI is InChI=1S/C37H36N4O9/c1-22-9-8-10-25(17-22)38-37(46)39-34-35(44)40(20-28(42)23-13-15-30(47-2)32(18-23)49-4)26-11-6-7-12-27(26)41(36(34)45)21-29(43)24-14-16-31(48-3)33(19-24)50-5/h6-19,34H,20-21H2,1-5H3,(H2,38,39,46). The fraction of sp³-hybridized carbons (Fsp3) is 0.216. The predicted molar refractivity (Wildman–Crippen MR) is 186 cm³/mol. The van der Waals surface area contributed by atoms with Crippen molar-refractivity contribution in [3.63, 3.8) is 0 Å². The number of amides is 4. The SMILES string of the molecule is COc1ccc(C(=O)CN2C(=O)C(NC(=O)Nc3cccc(C)c3)C(=O)N(CC(=O)c3ccc(OC)c(OC)c3)c3ccccc32)cc1OC. The zero-order chi connectivity index (χ0) is 35.9. The number of rotatable bonds is 12. The molecule has 0 saturated carbocycles. The molecule has 0 atom stereocenters. The Morgan fingerprint density at radius 3 is 1.54 bits per heavy atom. The van der Waals surface area contributed by atoms with E-state index in [1.54, 1.807) is 54.6 Å². The van der Waals surface area contributed by atoms with Crippen molar-refractivity contribution in [1.29, 1.82) is 0 Å². The van der Waals surface area contributed by atoms with Gasteiger partial charge in [-0.2, -0.15) is 0 Å². The van der Waals surface area contributed by atoms with Crippen molar-refractivity contribution in [3.8, 4) is 23.0 Å². The Hall–Kier alpha value is -6.37. The number of anilines is 3. The monoisotopic (exact) mass is 680 g/mol. The Kier molecular flexibility index (Phi) is 10.7. The van der Waals surface area contributed by atoms with E-state index >= 15 is 0 Å². The lowest BCUT2D eigenvalue weighted by Crippen LogP contribution is -2.57. The molecule has 4 aromatic rings. The first-order valence-electron chi connectivity index (χ1n) is 15.4. The average Bonchev–Trinajstić information content (AvgIpc) is 3.20. The van der Waals surface area contributed by atoms with Crippen LogP contribution >= 0.6 is 0 Å². The fourth-order valence-corrected chi connectivity index (χ4v) is 5.54. The summed E-state index contributed by atoms with van der Waals surface area (Å²) in [4.78, 5) is 71.6. The van der Waals surface area contributed by atoms with E-state index in [9.17, 15) is 24.0 Å². The van der Waals surface area contributed by atoms with Crippen molar-refractivity contribution in [2.75, 3.05) is 56.6 Å². The average molecular weight is 681 g/mol. The Morgan fingerprint density at radius 1 is 0.620 bits per heavy atom. The van der Waals surface area contributed by atoms with Gasteiger partial charge >= 0.3 is 6.03 Å². The summed E-state index contributed by atoms with van der Waals surface area (Å²) < 4.78 is 21.3. The molecule has 1 aliphatic heterocycles. The van der Waals surface area contributed by atoms with Gasteiger partial charge in [0.15, 0.2) is 40.6 Å². The van der Waals surface area contributed by atoms with Gasteiger partial charge in [-0.3, -0.25) is 19.2 Å². The quantitative estimate of drug-likeness (QED) is 0.161. The minimum Gasteiger partial charge on any atom is -0.493 e. The van der Waals surface area contributed by atoms with Crippen LogP contribution in [0.25, 0.3) is 0 Å². The van der Waals surface area contributed by atoms with E-state index in [1.807, 2.05) is 13.0 Å². The summed E-state index contributed by atoms with van der Waals surface area (Å²) in [5, 5.41) is 5.13. The number of urea groups is 1. The van der Waals surface area contributed by atoms with Crippen molar-refractivity contribution < 1.29 is 42.9 Å². The van der Waals surface area contributed by atoms with Crippen LogP contribution in [0.2, 0.25) is 0 Å². The van der Waals surface area contributed by atoms with E-state index in [0.717, 1.165) is 15.4 Å². The van der Waals surface area contributed by atoms with Crippen LogP contribution < -0.4 is 39.4 Å². The number of carbonyl (C=O) groups excluding carboxylic acids is 5. The van der Waals surface area contributed by atoms with Crippen LogP contribution in [0, 0.1) is 6.92 Å². The van der Waals surface area contributed by atoms with Gasteiger partial charge < -0.3 is 39.4 Å². The molecule has 0 saturated heterocycles. The van der Waals surface area contributed by atoms with Gasteiger partial charge in [-0.1, -0.05) is 24.3 Å². The third kappa shape index (κ3) is 7.36. The largest absolute Gasteiger partial charge is 0.493 e. The highest BCUT2D eigenvalue weighted by atomic mass is 16.5. The summed E-state index contributed by atoms with van der Waals surface area (Å²) in [5.41, 5.74) is 2.10. The van der Waals surface area contributed by atoms with Gasteiger partial charge in [0.2, 0.25) is 0 Å².